The summed E-state index contributed by atoms with van der Waals surface area (Å²) in [6.07, 6.45) is 0. The van der Waals surface area contributed by atoms with Crippen LogP contribution in [0.1, 0.15) is 5.56 Å². The lowest BCUT2D eigenvalue weighted by molar-refractivity contribution is 0.174. The maximum absolute atomic E-state index is 13.0. The molecule has 0 aliphatic carbocycles. The van der Waals surface area contributed by atoms with Crippen LogP contribution in [0.15, 0.2) is 30.3 Å². The highest BCUT2D eigenvalue weighted by Gasteiger charge is 2.16. The number of rotatable bonds is 3. The molecule has 3 rings (SSSR count). The minimum Gasteiger partial charge on any atom is -0.454 e. The summed E-state index contributed by atoms with van der Waals surface area (Å²) in [6, 6.07) is 7.73. The van der Waals surface area contributed by atoms with Crippen LogP contribution in [0.25, 0.3) is 0 Å². The lowest BCUT2D eigenvalue weighted by Gasteiger charge is -2.10. The summed E-state index contributed by atoms with van der Waals surface area (Å²) in [5, 5.41) is 4.04. The standard InChI is InChI=1S/C14H10Cl2FNO2/c15-10-3-9(17)2-1-8(10)6-18-12-5-14-13(4-11(12)16)19-7-20-14/h1-5,18H,6-7H2. The fourth-order valence-corrected chi connectivity index (χ4v) is 2.36. The number of fused-ring (bicyclic) bond motifs is 1. The Bertz CT molecular complexity index is 664. The average molecular weight is 314 g/mol. The highest BCUT2D eigenvalue weighted by molar-refractivity contribution is 6.33. The molecule has 0 saturated carbocycles. The summed E-state index contributed by atoms with van der Waals surface area (Å²) >= 11 is 12.1. The zero-order chi connectivity index (χ0) is 14.1. The van der Waals surface area contributed by atoms with Gasteiger partial charge in [-0.2, -0.15) is 0 Å². The summed E-state index contributed by atoms with van der Waals surface area (Å²) in [5.74, 6) is 0.905. The molecule has 0 fully saturated rings. The summed E-state index contributed by atoms with van der Waals surface area (Å²) in [5.41, 5.74) is 1.48. The van der Waals surface area contributed by atoms with E-state index in [-0.39, 0.29) is 12.6 Å². The summed E-state index contributed by atoms with van der Waals surface area (Å²) in [7, 11) is 0. The van der Waals surface area contributed by atoms with Crippen LogP contribution >= 0.6 is 23.2 Å². The largest absolute Gasteiger partial charge is 0.454 e. The van der Waals surface area contributed by atoms with Crippen LogP contribution in [0.4, 0.5) is 10.1 Å². The van der Waals surface area contributed by atoms with Gasteiger partial charge in [-0.05, 0) is 17.7 Å². The smallest absolute Gasteiger partial charge is 0.231 e. The highest BCUT2D eigenvalue weighted by atomic mass is 35.5. The van der Waals surface area contributed by atoms with Crippen molar-refractivity contribution in [2.24, 2.45) is 0 Å². The number of hydrogen-bond acceptors (Lipinski definition) is 3. The Kier molecular flexibility index (Phi) is 3.59. The van der Waals surface area contributed by atoms with E-state index in [9.17, 15) is 4.39 Å². The van der Waals surface area contributed by atoms with E-state index in [1.807, 2.05) is 0 Å². The molecule has 2 aromatic carbocycles. The first kappa shape index (κ1) is 13.3. The van der Waals surface area contributed by atoms with Crippen LogP contribution in [0.5, 0.6) is 11.5 Å². The molecule has 0 spiro atoms. The first-order valence-corrected chi connectivity index (χ1v) is 6.66. The van der Waals surface area contributed by atoms with Crippen molar-refractivity contribution in [3.63, 3.8) is 0 Å². The third-order valence-electron chi connectivity index (χ3n) is 2.95. The van der Waals surface area contributed by atoms with Gasteiger partial charge in [0.2, 0.25) is 6.79 Å². The van der Waals surface area contributed by atoms with Crippen molar-refractivity contribution in [2.45, 2.75) is 6.54 Å². The van der Waals surface area contributed by atoms with Crippen LogP contribution in [0, 0.1) is 5.82 Å². The van der Waals surface area contributed by atoms with E-state index in [1.54, 1.807) is 18.2 Å². The predicted octanol–water partition coefficient (Wildman–Crippen LogP) is 4.47. The second-order valence-corrected chi connectivity index (χ2v) is 5.09. The second kappa shape index (κ2) is 5.38. The third-order valence-corrected chi connectivity index (χ3v) is 3.61. The molecule has 0 unspecified atom stereocenters. The number of anilines is 1. The molecule has 0 atom stereocenters. The molecule has 6 heteroatoms. The molecule has 1 N–H and O–H groups in total. The van der Waals surface area contributed by atoms with Crippen molar-refractivity contribution in [3.8, 4) is 11.5 Å². The normalized spacial score (nSPS) is 12.6. The van der Waals surface area contributed by atoms with E-state index >= 15 is 0 Å². The van der Waals surface area contributed by atoms with Gasteiger partial charge in [-0.1, -0.05) is 29.3 Å². The fraction of sp³-hybridized carbons (Fsp3) is 0.143. The molecule has 0 saturated heterocycles. The number of halogens is 3. The first-order chi connectivity index (χ1) is 9.63. The Labute approximate surface area is 125 Å². The molecule has 0 radical (unpaired) electrons. The van der Waals surface area contributed by atoms with E-state index in [0.717, 1.165) is 5.56 Å². The van der Waals surface area contributed by atoms with Gasteiger partial charge in [0, 0.05) is 23.7 Å². The van der Waals surface area contributed by atoms with E-state index in [0.29, 0.717) is 33.8 Å². The lowest BCUT2D eigenvalue weighted by atomic mass is 10.2. The molecule has 1 aliphatic heterocycles. The van der Waals surface area contributed by atoms with Crippen molar-refractivity contribution < 1.29 is 13.9 Å². The topological polar surface area (TPSA) is 30.5 Å². The quantitative estimate of drug-likeness (QED) is 0.906. The van der Waals surface area contributed by atoms with Gasteiger partial charge < -0.3 is 14.8 Å². The van der Waals surface area contributed by atoms with E-state index in [1.165, 1.54) is 12.1 Å². The van der Waals surface area contributed by atoms with Gasteiger partial charge in [-0.15, -0.1) is 0 Å². The van der Waals surface area contributed by atoms with Gasteiger partial charge in [0.1, 0.15) is 5.82 Å². The van der Waals surface area contributed by atoms with Crippen LogP contribution < -0.4 is 14.8 Å². The Morgan fingerprint density at radius 1 is 1.05 bits per heavy atom. The number of hydrogen-bond donors (Lipinski definition) is 1. The molecule has 0 aromatic heterocycles. The molecular formula is C14H10Cl2FNO2. The average Bonchev–Trinajstić information content (AvgIpc) is 2.84. The third kappa shape index (κ3) is 2.62. The fourth-order valence-electron chi connectivity index (χ4n) is 1.91. The molecule has 0 bridgehead atoms. The van der Waals surface area contributed by atoms with Gasteiger partial charge >= 0.3 is 0 Å². The van der Waals surface area contributed by atoms with Gasteiger partial charge in [0.25, 0.3) is 0 Å². The van der Waals surface area contributed by atoms with Crippen molar-refractivity contribution in [2.75, 3.05) is 12.1 Å². The van der Waals surface area contributed by atoms with Crippen LogP contribution in [0.3, 0.4) is 0 Å². The first-order valence-electron chi connectivity index (χ1n) is 5.90. The number of ether oxygens (including phenoxy) is 2. The van der Waals surface area contributed by atoms with Crippen molar-refractivity contribution in [3.05, 3.63) is 51.8 Å². The molecular weight excluding hydrogens is 304 g/mol. The molecule has 1 aliphatic rings. The monoisotopic (exact) mass is 313 g/mol. The number of nitrogens with one attached hydrogen (secondary N) is 1. The Hall–Kier alpha value is -1.65. The Morgan fingerprint density at radius 3 is 2.55 bits per heavy atom. The summed E-state index contributed by atoms with van der Waals surface area (Å²) in [6.45, 7) is 0.622. The van der Waals surface area contributed by atoms with Crippen LogP contribution in [0.2, 0.25) is 10.0 Å². The SMILES string of the molecule is Fc1ccc(CNc2cc3c(cc2Cl)OCO3)c(Cl)c1. The van der Waals surface area contributed by atoms with Crippen molar-refractivity contribution in [1.82, 2.24) is 0 Å². The highest BCUT2D eigenvalue weighted by Crippen LogP contribution is 2.39. The van der Waals surface area contributed by atoms with E-state index in [4.69, 9.17) is 32.7 Å². The zero-order valence-corrected chi connectivity index (χ0v) is 11.8. The van der Waals surface area contributed by atoms with E-state index in [2.05, 4.69) is 5.32 Å². The maximum atomic E-state index is 13.0. The molecule has 104 valence electrons. The predicted molar refractivity (Wildman–Crippen MR) is 76.3 cm³/mol. The van der Waals surface area contributed by atoms with Gasteiger partial charge in [0.15, 0.2) is 11.5 Å². The molecule has 2 aromatic rings. The van der Waals surface area contributed by atoms with Gasteiger partial charge in [0.05, 0.1) is 10.7 Å². The van der Waals surface area contributed by atoms with Crippen molar-refractivity contribution >= 4 is 28.9 Å². The summed E-state index contributed by atoms with van der Waals surface area (Å²) in [4.78, 5) is 0. The minimum atomic E-state index is -0.361. The Morgan fingerprint density at radius 2 is 1.80 bits per heavy atom. The molecule has 20 heavy (non-hydrogen) atoms. The maximum Gasteiger partial charge on any atom is 0.231 e. The van der Waals surface area contributed by atoms with Gasteiger partial charge in [-0.25, -0.2) is 4.39 Å². The zero-order valence-electron chi connectivity index (χ0n) is 10.3. The van der Waals surface area contributed by atoms with Crippen molar-refractivity contribution in [1.29, 1.82) is 0 Å². The second-order valence-electron chi connectivity index (χ2n) is 4.27. The molecule has 1 heterocycles. The molecule has 0 amide bonds. The Balaban J connectivity index is 1.78. The number of benzene rings is 2. The lowest BCUT2D eigenvalue weighted by Crippen LogP contribution is -2.01. The van der Waals surface area contributed by atoms with Gasteiger partial charge in [-0.3, -0.25) is 0 Å². The van der Waals surface area contributed by atoms with Crippen LogP contribution in [-0.4, -0.2) is 6.79 Å². The van der Waals surface area contributed by atoms with Crippen LogP contribution in [-0.2, 0) is 6.54 Å². The molecule has 3 nitrogen and oxygen atoms in total. The summed E-state index contributed by atoms with van der Waals surface area (Å²) < 4.78 is 23.5. The van der Waals surface area contributed by atoms with E-state index < -0.39 is 0 Å². The minimum absolute atomic E-state index is 0.193.